The maximum absolute atomic E-state index is 11.2. The van der Waals surface area contributed by atoms with Crippen molar-refractivity contribution in [3.05, 3.63) is 71.3 Å². The van der Waals surface area contributed by atoms with Gasteiger partial charge in [-0.1, -0.05) is 36.4 Å². The van der Waals surface area contributed by atoms with Crippen LogP contribution in [0.3, 0.4) is 0 Å². The quantitative estimate of drug-likeness (QED) is 0.657. The van der Waals surface area contributed by atoms with Crippen molar-refractivity contribution in [3.63, 3.8) is 0 Å². The Bertz CT molecular complexity index is 893. The van der Waals surface area contributed by atoms with E-state index in [4.69, 9.17) is 5.11 Å². The molecule has 0 radical (unpaired) electrons. The van der Waals surface area contributed by atoms with Crippen LogP contribution in [0.1, 0.15) is 27.7 Å². The minimum absolute atomic E-state index is 0.0861. The fraction of sp³-hybridized carbons (Fsp3) is 0.105. The van der Waals surface area contributed by atoms with Gasteiger partial charge >= 0.3 is 5.97 Å². The van der Waals surface area contributed by atoms with E-state index in [9.17, 15) is 4.79 Å². The second kappa shape index (κ2) is 5.02. The summed E-state index contributed by atoms with van der Waals surface area (Å²) in [5.74, 6) is -0.895. The predicted octanol–water partition coefficient (Wildman–Crippen LogP) is 4.38. The van der Waals surface area contributed by atoms with Crippen molar-refractivity contribution in [2.75, 3.05) is 10.6 Å². The molecule has 0 aromatic heterocycles. The van der Waals surface area contributed by atoms with Crippen LogP contribution in [0.5, 0.6) is 0 Å². The number of carboxylic acids is 1. The number of hydrogen-bond donors (Lipinski definition) is 3. The number of carboxylic acid groups (broad SMARTS) is 1. The first-order valence-corrected chi connectivity index (χ1v) is 7.52. The van der Waals surface area contributed by atoms with Crippen LogP contribution in [-0.2, 0) is 0 Å². The predicted molar refractivity (Wildman–Crippen MR) is 92.1 cm³/mol. The molecule has 114 valence electrons. The summed E-state index contributed by atoms with van der Waals surface area (Å²) in [5.41, 5.74) is 4.28. The molecule has 0 saturated heterocycles. The fourth-order valence-electron chi connectivity index (χ4n) is 3.20. The van der Waals surface area contributed by atoms with E-state index >= 15 is 0 Å². The molecule has 3 aromatic carbocycles. The Balaban J connectivity index is 1.76. The van der Waals surface area contributed by atoms with E-state index in [1.165, 1.54) is 10.8 Å². The molecule has 0 atom stereocenters. The van der Waals surface area contributed by atoms with Crippen molar-refractivity contribution in [1.82, 2.24) is 0 Å². The number of anilines is 2. The lowest BCUT2D eigenvalue weighted by molar-refractivity contribution is 0.0696. The summed E-state index contributed by atoms with van der Waals surface area (Å²) in [4.78, 5) is 11.2. The molecule has 0 bridgehead atoms. The number of benzene rings is 3. The van der Waals surface area contributed by atoms with Crippen LogP contribution in [-0.4, -0.2) is 11.1 Å². The first kappa shape index (κ1) is 13.6. The smallest absolute Gasteiger partial charge is 0.335 e. The van der Waals surface area contributed by atoms with Crippen molar-refractivity contribution in [2.24, 2.45) is 0 Å². The van der Waals surface area contributed by atoms with Gasteiger partial charge in [0, 0.05) is 16.8 Å². The van der Waals surface area contributed by atoms with E-state index in [1.807, 2.05) is 31.2 Å². The Morgan fingerprint density at radius 2 is 1.65 bits per heavy atom. The molecule has 0 saturated carbocycles. The van der Waals surface area contributed by atoms with Gasteiger partial charge in [-0.2, -0.15) is 0 Å². The molecular formula is C19H16N2O2. The van der Waals surface area contributed by atoms with Gasteiger partial charge < -0.3 is 15.7 Å². The molecule has 3 aromatic rings. The molecule has 0 aliphatic carbocycles. The van der Waals surface area contributed by atoms with Crippen molar-refractivity contribution in [2.45, 2.75) is 13.1 Å². The Morgan fingerprint density at radius 1 is 1.00 bits per heavy atom. The van der Waals surface area contributed by atoms with Gasteiger partial charge in [0.15, 0.2) is 0 Å². The summed E-state index contributed by atoms with van der Waals surface area (Å²) in [6, 6.07) is 17.8. The zero-order valence-electron chi connectivity index (χ0n) is 12.6. The maximum atomic E-state index is 11.2. The molecular weight excluding hydrogens is 288 g/mol. The van der Waals surface area contributed by atoms with Crippen LogP contribution in [0.25, 0.3) is 10.8 Å². The summed E-state index contributed by atoms with van der Waals surface area (Å²) < 4.78 is 0. The van der Waals surface area contributed by atoms with Gasteiger partial charge in [-0.3, -0.25) is 0 Å². The standard InChI is InChI=1S/C19H16N2O2/c1-11-10-13(8-9-14(11)19(22)23)18-20-15-6-2-4-12-5-3-7-16(21-18)17(12)15/h2-10,18,20-21H,1H3,(H,22,23). The van der Waals surface area contributed by atoms with Gasteiger partial charge in [0.2, 0.25) is 0 Å². The van der Waals surface area contributed by atoms with E-state index in [-0.39, 0.29) is 6.17 Å². The lowest BCUT2D eigenvalue weighted by Crippen LogP contribution is -2.23. The van der Waals surface area contributed by atoms with Crippen LogP contribution < -0.4 is 10.6 Å². The van der Waals surface area contributed by atoms with Gasteiger partial charge in [0.25, 0.3) is 0 Å². The maximum Gasteiger partial charge on any atom is 0.335 e. The fourth-order valence-corrected chi connectivity index (χ4v) is 3.20. The van der Waals surface area contributed by atoms with Crippen LogP contribution >= 0.6 is 0 Å². The number of hydrogen-bond acceptors (Lipinski definition) is 3. The summed E-state index contributed by atoms with van der Waals surface area (Å²) >= 11 is 0. The average Bonchev–Trinajstić information content (AvgIpc) is 2.55. The summed E-state index contributed by atoms with van der Waals surface area (Å²) in [5, 5.41) is 18.5. The van der Waals surface area contributed by atoms with Gasteiger partial charge in [-0.05, 0) is 41.6 Å². The van der Waals surface area contributed by atoms with E-state index in [2.05, 4.69) is 34.9 Å². The van der Waals surface area contributed by atoms with E-state index < -0.39 is 5.97 Å². The Labute approximate surface area is 133 Å². The number of carbonyl (C=O) groups is 1. The molecule has 4 heteroatoms. The van der Waals surface area contributed by atoms with E-state index in [1.54, 1.807) is 6.07 Å². The molecule has 1 heterocycles. The molecule has 4 nitrogen and oxygen atoms in total. The molecule has 0 fully saturated rings. The van der Waals surface area contributed by atoms with Gasteiger partial charge in [0.1, 0.15) is 6.17 Å². The van der Waals surface area contributed by atoms with Crippen molar-refractivity contribution in [3.8, 4) is 0 Å². The third-order valence-electron chi connectivity index (χ3n) is 4.32. The lowest BCUT2D eigenvalue weighted by atomic mass is 10.00. The highest BCUT2D eigenvalue weighted by atomic mass is 16.4. The first-order chi connectivity index (χ1) is 11.1. The van der Waals surface area contributed by atoms with Gasteiger partial charge in [-0.15, -0.1) is 0 Å². The zero-order valence-corrected chi connectivity index (χ0v) is 12.6. The summed E-state index contributed by atoms with van der Waals surface area (Å²) in [6.45, 7) is 1.82. The Kier molecular flexibility index (Phi) is 2.98. The van der Waals surface area contributed by atoms with Crippen molar-refractivity contribution >= 4 is 28.1 Å². The molecule has 1 aliphatic heterocycles. The summed E-state index contributed by atoms with van der Waals surface area (Å²) in [7, 11) is 0. The normalized spacial score (nSPS) is 13.4. The highest BCUT2D eigenvalue weighted by Crippen LogP contribution is 2.38. The molecule has 3 N–H and O–H groups in total. The van der Waals surface area contributed by atoms with Gasteiger partial charge in [-0.25, -0.2) is 4.79 Å². The minimum Gasteiger partial charge on any atom is -0.478 e. The molecule has 0 unspecified atom stereocenters. The Hall–Kier alpha value is -3.01. The average molecular weight is 304 g/mol. The highest BCUT2D eigenvalue weighted by molar-refractivity contribution is 6.04. The monoisotopic (exact) mass is 304 g/mol. The van der Waals surface area contributed by atoms with Gasteiger partial charge in [0.05, 0.1) is 5.56 Å². The van der Waals surface area contributed by atoms with Crippen LogP contribution in [0, 0.1) is 6.92 Å². The second-order valence-electron chi connectivity index (χ2n) is 5.81. The SMILES string of the molecule is Cc1cc(C2Nc3cccc4cccc(c34)N2)ccc1C(=O)O. The largest absolute Gasteiger partial charge is 0.478 e. The number of aromatic carboxylic acids is 1. The number of nitrogens with one attached hydrogen (secondary N) is 2. The molecule has 4 rings (SSSR count). The first-order valence-electron chi connectivity index (χ1n) is 7.52. The van der Waals surface area contributed by atoms with E-state index in [0.717, 1.165) is 22.5 Å². The Morgan fingerprint density at radius 3 is 2.22 bits per heavy atom. The number of rotatable bonds is 2. The molecule has 1 aliphatic rings. The number of aryl methyl sites for hydroxylation is 1. The third-order valence-corrected chi connectivity index (χ3v) is 4.32. The molecule has 0 spiro atoms. The molecule has 23 heavy (non-hydrogen) atoms. The molecule has 0 amide bonds. The third kappa shape index (κ3) is 2.19. The van der Waals surface area contributed by atoms with Crippen LogP contribution in [0.2, 0.25) is 0 Å². The van der Waals surface area contributed by atoms with Crippen molar-refractivity contribution < 1.29 is 9.90 Å². The van der Waals surface area contributed by atoms with Crippen molar-refractivity contribution in [1.29, 1.82) is 0 Å². The second-order valence-corrected chi connectivity index (χ2v) is 5.81. The topological polar surface area (TPSA) is 61.4 Å². The van der Waals surface area contributed by atoms with Crippen LogP contribution in [0.15, 0.2) is 54.6 Å². The minimum atomic E-state index is -0.895. The van der Waals surface area contributed by atoms with E-state index in [0.29, 0.717) is 5.56 Å². The zero-order chi connectivity index (χ0) is 16.0. The van der Waals surface area contributed by atoms with Crippen LogP contribution in [0.4, 0.5) is 11.4 Å². The summed E-state index contributed by atoms with van der Waals surface area (Å²) in [6.07, 6.45) is -0.0861. The lowest BCUT2D eigenvalue weighted by Gasteiger charge is -2.30. The highest BCUT2D eigenvalue weighted by Gasteiger charge is 2.21.